The van der Waals surface area contributed by atoms with Gasteiger partial charge in [0.1, 0.15) is 48.3 Å². The van der Waals surface area contributed by atoms with Crippen LogP contribution in [0.25, 0.3) is 0 Å². The lowest BCUT2D eigenvalue weighted by molar-refractivity contribution is -0.132. The van der Waals surface area contributed by atoms with Crippen molar-refractivity contribution in [1.29, 1.82) is 0 Å². The summed E-state index contributed by atoms with van der Waals surface area (Å²) >= 11 is 0. The van der Waals surface area contributed by atoms with Crippen molar-refractivity contribution in [2.75, 3.05) is 78.5 Å². The molecule has 34 nitrogen and oxygen atoms in total. The molecule has 30 N–H and O–H groups in total. The normalized spacial score (nSPS) is 13.2. The molecule has 0 saturated carbocycles. The number of carbonyl (C=O) groups is 13. The van der Waals surface area contributed by atoms with Crippen LogP contribution in [-0.2, 0) is 62.3 Å². The molecule has 0 aliphatic heterocycles. The van der Waals surface area contributed by atoms with Gasteiger partial charge in [-0.3, -0.25) is 62.3 Å². The summed E-state index contributed by atoms with van der Waals surface area (Å²) in [6.07, 6.45) is 40.0. The van der Waals surface area contributed by atoms with Crippen LogP contribution < -0.4 is 115 Å². The highest BCUT2D eigenvalue weighted by molar-refractivity contribution is 5.94. The monoisotopic (exact) mass is 1790 g/mol. The highest BCUT2D eigenvalue weighted by Crippen LogP contribution is 2.17. The molecule has 0 spiro atoms. The Morgan fingerprint density at radius 1 is 0.183 bits per heavy atom. The van der Waals surface area contributed by atoms with Gasteiger partial charge >= 0.3 is 0 Å². The SMILES string of the molecule is CCCCCCCCCCCC(=O)NC(CCCCN)C(=O)NCCCCCCCC(=O)NC(CCCCN)C(=O)NC(CCCCN)C(=O)NCCCCCCCC(=O)NC(CCCCN)C(=O)NC(CCCCN)C(=O)NCCCCCCCC(=O)NC(CCCCN)C(=O)NC(CCCCN)C(=O)NCCCCCCCC(=O)NC(CCCCN)C(N)=O. The Kier molecular flexibility index (Phi) is 79.8. The molecule has 34 heteroatoms. The Bertz CT molecular complexity index is 2860. The maximum absolute atomic E-state index is 14.0. The minimum absolute atomic E-state index is 0.0908. The van der Waals surface area contributed by atoms with Crippen LogP contribution in [0.1, 0.15) is 379 Å². The molecule has 0 radical (unpaired) electrons. The molecule has 0 rings (SSSR count). The molecule has 0 saturated heterocycles. The molecule has 0 aromatic heterocycles. The van der Waals surface area contributed by atoms with E-state index in [-0.39, 0.29) is 78.8 Å². The van der Waals surface area contributed by atoms with Crippen molar-refractivity contribution in [2.24, 2.45) is 51.6 Å². The van der Waals surface area contributed by atoms with Gasteiger partial charge in [0.05, 0.1) is 0 Å². The number of hydrogen-bond acceptors (Lipinski definition) is 21. The number of nitrogens with two attached hydrogens (primary N) is 9. The van der Waals surface area contributed by atoms with E-state index < -0.39 is 72.0 Å². The van der Waals surface area contributed by atoms with Crippen molar-refractivity contribution in [3.63, 3.8) is 0 Å². The van der Waals surface area contributed by atoms with Crippen LogP contribution in [0.4, 0.5) is 0 Å². The Hall–Kier alpha value is -7.21. The molecule has 0 aromatic carbocycles. The van der Waals surface area contributed by atoms with Crippen molar-refractivity contribution < 1.29 is 62.3 Å². The second-order valence-corrected chi connectivity index (χ2v) is 34.3. The quantitative estimate of drug-likeness (QED) is 0.0304. The Morgan fingerprint density at radius 3 is 0.532 bits per heavy atom. The molecule has 13 amide bonds. The van der Waals surface area contributed by atoms with Crippen LogP contribution >= 0.6 is 0 Å². The molecule has 8 atom stereocenters. The summed E-state index contributed by atoms with van der Waals surface area (Å²) < 4.78 is 0. The summed E-state index contributed by atoms with van der Waals surface area (Å²) in [4.78, 5) is 173. The van der Waals surface area contributed by atoms with Crippen molar-refractivity contribution in [1.82, 2.24) is 63.8 Å². The lowest BCUT2D eigenvalue weighted by Gasteiger charge is -2.23. The van der Waals surface area contributed by atoms with Gasteiger partial charge in [0.2, 0.25) is 76.8 Å². The van der Waals surface area contributed by atoms with Gasteiger partial charge in [0, 0.05) is 58.3 Å². The van der Waals surface area contributed by atoms with Gasteiger partial charge in [-0.2, -0.15) is 0 Å². The summed E-state index contributed by atoms with van der Waals surface area (Å²) in [5.41, 5.74) is 51.6. The summed E-state index contributed by atoms with van der Waals surface area (Å²) in [7, 11) is 0. The van der Waals surface area contributed by atoms with E-state index in [9.17, 15) is 62.3 Å². The smallest absolute Gasteiger partial charge is 0.243 e. The van der Waals surface area contributed by atoms with Crippen LogP contribution in [0.3, 0.4) is 0 Å². The highest BCUT2D eigenvalue weighted by atomic mass is 16.2. The molecule has 0 aliphatic carbocycles. The number of amides is 13. The van der Waals surface area contributed by atoms with Crippen molar-refractivity contribution >= 4 is 76.8 Å². The number of nitrogens with one attached hydrogen (secondary N) is 12. The fourth-order valence-electron chi connectivity index (χ4n) is 15.0. The zero-order valence-corrected chi connectivity index (χ0v) is 78.1. The molecule has 8 unspecified atom stereocenters. The van der Waals surface area contributed by atoms with E-state index in [1.165, 1.54) is 38.5 Å². The van der Waals surface area contributed by atoms with Gasteiger partial charge < -0.3 is 115 Å². The van der Waals surface area contributed by atoms with Gasteiger partial charge in [-0.15, -0.1) is 0 Å². The predicted molar refractivity (Wildman–Crippen MR) is 503 cm³/mol. The Morgan fingerprint density at radius 2 is 0.341 bits per heavy atom. The zero-order chi connectivity index (χ0) is 93.1. The van der Waals surface area contributed by atoms with Crippen LogP contribution in [0.5, 0.6) is 0 Å². The first-order valence-electron chi connectivity index (χ1n) is 49.5. The van der Waals surface area contributed by atoms with E-state index in [2.05, 4.69) is 70.7 Å². The van der Waals surface area contributed by atoms with E-state index in [0.717, 1.165) is 122 Å². The van der Waals surface area contributed by atoms with Crippen molar-refractivity contribution in [2.45, 2.75) is 428 Å². The van der Waals surface area contributed by atoms with E-state index in [4.69, 9.17) is 51.6 Å². The second-order valence-electron chi connectivity index (χ2n) is 34.3. The third kappa shape index (κ3) is 68.0. The van der Waals surface area contributed by atoms with Gasteiger partial charge in [-0.05, 0) is 264 Å². The summed E-state index contributed by atoms with van der Waals surface area (Å²) in [6, 6.07) is -6.43. The van der Waals surface area contributed by atoms with E-state index in [1.54, 1.807) is 0 Å². The van der Waals surface area contributed by atoms with Gasteiger partial charge in [-0.25, -0.2) is 0 Å². The lowest BCUT2D eigenvalue weighted by atomic mass is 10.0. The average molecular weight is 1790 g/mol. The van der Waals surface area contributed by atoms with E-state index in [0.29, 0.717) is 265 Å². The number of primary amides is 1. The first-order chi connectivity index (χ1) is 61.1. The molecule has 126 heavy (non-hydrogen) atoms. The van der Waals surface area contributed by atoms with Gasteiger partial charge in [0.15, 0.2) is 0 Å². The Labute approximate surface area is 757 Å². The summed E-state index contributed by atoms with van der Waals surface area (Å²) in [6.45, 7) is 7.38. The average Bonchev–Trinajstić information content (AvgIpc) is 0.893. The Balaban J connectivity index is 5.24. The van der Waals surface area contributed by atoms with Crippen molar-refractivity contribution in [3.8, 4) is 0 Å². The number of hydrogen-bond donors (Lipinski definition) is 21. The minimum Gasteiger partial charge on any atom is -0.368 e. The molecule has 0 fully saturated rings. The lowest BCUT2D eigenvalue weighted by Crippen LogP contribution is -2.53. The first-order valence-corrected chi connectivity index (χ1v) is 49.5. The third-order valence-electron chi connectivity index (χ3n) is 22.8. The number of carbonyl (C=O) groups excluding carboxylic acids is 13. The molecule has 0 aromatic rings. The van der Waals surface area contributed by atoms with Crippen LogP contribution in [0.15, 0.2) is 0 Å². The van der Waals surface area contributed by atoms with Crippen LogP contribution in [-0.4, -0.2) is 204 Å². The van der Waals surface area contributed by atoms with Crippen LogP contribution in [0, 0.1) is 0 Å². The number of unbranched alkanes of at least 4 members (excludes halogenated alkanes) is 32. The molecule has 0 aliphatic rings. The van der Waals surface area contributed by atoms with Crippen molar-refractivity contribution in [3.05, 3.63) is 0 Å². The molecule has 732 valence electrons. The number of rotatable bonds is 90. The summed E-state index contributed by atoms with van der Waals surface area (Å²) in [5, 5.41) is 35.1. The fraction of sp³-hybridized carbons (Fsp3) is 0.859. The largest absolute Gasteiger partial charge is 0.368 e. The molecular weight excluding hydrogens is 1610 g/mol. The van der Waals surface area contributed by atoms with E-state index >= 15 is 0 Å². The molecule has 0 bridgehead atoms. The summed E-state index contributed by atoms with van der Waals surface area (Å²) in [5.74, 6) is -4.19. The van der Waals surface area contributed by atoms with E-state index in [1.807, 2.05) is 0 Å². The third-order valence-corrected chi connectivity index (χ3v) is 22.8. The first kappa shape index (κ1) is 119. The zero-order valence-electron chi connectivity index (χ0n) is 78.1. The molecular formula is C92H181N21O13. The molecule has 0 heterocycles. The highest BCUT2D eigenvalue weighted by Gasteiger charge is 2.31. The van der Waals surface area contributed by atoms with Crippen LogP contribution in [0.2, 0.25) is 0 Å². The fourth-order valence-corrected chi connectivity index (χ4v) is 15.0. The van der Waals surface area contributed by atoms with Gasteiger partial charge in [-0.1, -0.05) is 135 Å². The topological polar surface area (TPSA) is 600 Å². The standard InChI is InChI=1S/C92H181N21O13/c1-2-3-4-5-6-7-8-13-22-56-81(115)107-73(48-28-36-61-94)86(120)102-68-43-18-10-15-24-57-82(116)108-77(52-32-40-65-98)90(124)112-75(50-30-38-63-96)88(122)104-70-45-20-12-17-26-59-84(118)110-79(54-34-42-67-100)92(126)113-76(51-31-39-64-97)89(123)105-71-46-21-11-16-25-58-83(117)109-78(53-33-41-66-99)91(125)111-74(49-29-37-62-95)87(121)103-69-44-19-9-14-23-55-80(114)106-72(85(101)119)47-27-35-60-93/h72-79H,2-71,93-100H2,1H3,(H2,101,119)(H,102,120)(H,103,121)(H,104,122)(H,105,123)(H,106,114)(H,107,115)(H,108,116)(H,109,117)(H,110,118)(H,111,125)(H,112,124)(H,113,126). The maximum atomic E-state index is 14.0. The maximum Gasteiger partial charge on any atom is 0.243 e. The minimum atomic E-state index is -0.886. The second kappa shape index (κ2) is 84.6. The predicted octanol–water partition coefficient (Wildman–Crippen LogP) is 6.13. The van der Waals surface area contributed by atoms with Gasteiger partial charge in [0.25, 0.3) is 0 Å².